The van der Waals surface area contributed by atoms with Crippen LogP contribution in [-0.4, -0.2) is 37.0 Å². The highest BCUT2D eigenvalue weighted by Gasteiger charge is 2.30. The Labute approximate surface area is 74.1 Å². The third kappa shape index (κ3) is 2.44. The molecule has 3 nitrogen and oxygen atoms in total. The smallest absolute Gasteiger partial charge is 0.0705 e. The minimum atomic E-state index is 0.0496. The van der Waals surface area contributed by atoms with Gasteiger partial charge in [0.2, 0.25) is 0 Å². The Morgan fingerprint density at radius 1 is 1.42 bits per heavy atom. The molecule has 0 amide bonds. The number of aliphatic hydroxyl groups excluding tert-OH is 1. The third-order valence-electron chi connectivity index (χ3n) is 2.66. The normalized spacial score (nSPS) is 22.5. The summed E-state index contributed by atoms with van der Waals surface area (Å²) in [4.78, 5) is 0. The van der Waals surface area contributed by atoms with E-state index in [1.165, 1.54) is 0 Å². The van der Waals surface area contributed by atoms with Crippen molar-refractivity contribution in [3.8, 4) is 0 Å². The van der Waals surface area contributed by atoms with Crippen LogP contribution in [0.2, 0.25) is 0 Å². The van der Waals surface area contributed by atoms with Gasteiger partial charge in [-0.2, -0.15) is 0 Å². The van der Waals surface area contributed by atoms with Crippen molar-refractivity contribution in [2.75, 3.05) is 26.3 Å². The highest BCUT2D eigenvalue weighted by atomic mass is 16.5. The summed E-state index contributed by atoms with van der Waals surface area (Å²) in [6, 6.07) is 0. The largest absolute Gasteiger partial charge is 0.394 e. The maximum Gasteiger partial charge on any atom is 0.0705 e. The zero-order chi connectivity index (χ0) is 8.86. The molecule has 1 rings (SSSR count). The standard InChI is InChI=1S/C9H19NO2/c1-2-9(12-8-7-11)3-5-10-6-4-9/h10-11H,2-8H2,1H3. The van der Waals surface area contributed by atoms with Crippen molar-refractivity contribution in [1.29, 1.82) is 0 Å². The van der Waals surface area contributed by atoms with Gasteiger partial charge in [-0.25, -0.2) is 0 Å². The SMILES string of the molecule is CCC1(OCCO)CCNCC1. The highest BCUT2D eigenvalue weighted by molar-refractivity contribution is 4.84. The Morgan fingerprint density at radius 2 is 2.08 bits per heavy atom. The molecule has 12 heavy (non-hydrogen) atoms. The predicted molar refractivity (Wildman–Crippen MR) is 48.2 cm³/mol. The van der Waals surface area contributed by atoms with E-state index in [1.54, 1.807) is 0 Å². The van der Waals surface area contributed by atoms with Crippen molar-refractivity contribution in [3.05, 3.63) is 0 Å². The Bertz CT molecular complexity index is 122. The van der Waals surface area contributed by atoms with Crippen LogP contribution in [-0.2, 0) is 4.74 Å². The highest BCUT2D eigenvalue weighted by Crippen LogP contribution is 2.26. The van der Waals surface area contributed by atoms with Gasteiger partial charge < -0.3 is 15.2 Å². The van der Waals surface area contributed by atoms with Crippen LogP contribution in [0, 0.1) is 0 Å². The minimum absolute atomic E-state index is 0.0496. The molecule has 1 fully saturated rings. The lowest BCUT2D eigenvalue weighted by atomic mass is 9.89. The molecule has 0 bridgehead atoms. The summed E-state index contributed by atoms with van der Waals surface area (Å²) in [5.74, 6) is 0. The Morgan fingerprint density at radius 3 is 2.58 bits per heavy atom. The first-order valence-corrected chi connectivity index (χ1v) is 4.78. The van der Waals surface area contributed by atoms with Gasteiger partial charge in [0.05, 0.1) is 18.8 Å². The van der Waals surface area contributed by atoms with E-state index in [4.69, 9.17) is 9.84 Å². The average Bonchev–Trinajstić information content (AvgIpc) is 2.16. The Balaban J connectivity index is 2.37. The molecule has 0 radical (unpaired) electrons. The lowest BCUT2D eigenvalue weighted by molar-refractivity contribution is -0.0783. The van der Waals surface area contributed by atoms with Gasteiger partial charge in [-0.3, -0.25) is 0 Å². The van der Waals surface area contributed by atoms with E-state index in [0.717, 1.165) is 32.4 Å². The molecule has 0 aromatic heterocycles. The molecule has 0 aromatic rings. The van der Waals surface area contributed by atoms with E-state index in [0.29, 0.717) is 6.61 Å². The first kappa shape index (κ1) is 9.96. The number of rotatable bonds is 4. The summed E-state index contributed by atoms with van der Waals surface area (Å²) < 4.78 is 5.68. The molecule has 72 valence electrons. The molecule has 0 unspecified atom stereocenters. The monoisotopic (exact) mass is 173 g/mol. The number of piperidine rings is 1. The second kappa shape index (κ2) is 4.80. The second-order valence-corrected chi connectivity index (χ2v) is 3.36. The van der Waals surface area contributed by atoms with E-state index >= 15 is 0 Å². The summed E-state index contributed by atoms with van der Waals surface area (Å²) in [6.07, 6.45) is 3.20. The van der Waals surface area contributed by atoms with Gasteiger partial charge >= 0.3 is 0 Å². The van der Waals surface area contributed by atoms with Crippen LogP contribution in [0.25, 0.3) is 0 Å². The number of ether oxygens (including phenoxy) is 1. The van der Waals surface area contributed by atoms with E-state index in [-0.39, 0.29) is 12.2 Å². The van der Waals surface area contributed by atoms with Crippen molar-refractivity contribution < 1.29 is 9.84 Å². The molecular formula is C9H19NO2. The maximum atomic E-state index is 8.67. The molecule has 1 aliphatic heterocycles. The van der Waals surface area contributed by atoms with Crippen molar-refractivity contribution in [2.45, 2.75) is 31.8 Å². The fourth-order valence-corrected chi connectivity index (χ4v) is 1.74. The molecule has 1 saturated heterocycles. The summed E-state index contributed by atoms with van der Waals surface area (Å²) in [5, 5.41) is 12.0. The zero-order valence-electron chi connectivity index (χ0n) is 7.81. The predicted octanol–water partition coefficient (Wildman–Crippen LogP) is 0.527. The summed E-state index contributed by atoms with van der Waals surface area (Å²) in [6.45, 7) is 4.85. The fraction of sp³-hybridized carbons (Fsp3) is 1.00. The number of nitrogens with one attached hydrogen (secondary N) is 1. The number of hydrogen-bond acceptors (Lipinski definition) is 3. The van der Waals surface area contributed by atoms with Crippen molar-refractivity contribution in [3.63, 3.8) is 0 Å². The molecule has 0 saturated carbocycles. The summed E-state index contributed by atoms with van der Waals surface area (Å²) in [7, 11) is 0. The molecular weight excluding hydrogens is 154 g/mol. The van der Waals surface area contributed by atoms with Crippen LogP contribution in [0.3, 0.4) is 0 Å². The Kier molecular flexibility index (Phi) is 3.98. The van der Waals surface area contributed by atoms with Gasteiger partial charge in [0.25, 0.3) is 0 Å². The lowest BCUT2D eigenvalue weighted by Crippen LogP contribution is -2.44. The van der Waals surface area contributed by atoms with E-state index in [2.05, 4.69) is 12.2 Å². The van der Waals surface area contributed by atoms with Crippen LogP contribution < -0.4 is 5.32 Å². The van der Waals surface area contributed by atoms with Crippen LogP contribution in [0.15, 0.2) is 0 Å². The Hall–Kier alpha value is -0.120. The molecule has 1 heterocycles. The zero-order valence-corrected chi connectivity index (χ0v) is 7.81. The molecule has 1 aliphatic rings. The molecule has 3 heteroatoms. The van der Waals surface area contributed by atoms with Gasteiger partial charge in [-0.1, -0.05) is 6.92 Å². The van der Waals surface area contributed by atoms with Crippen LogP contribution in [0.5, 0.6) is 0 Å². The number of aliphatic hydroxyl groups is 1. The molecule has 0 aromatic carbocycles. The molecule has 0 spiro atoms. The number of hydrogen-bond donors (Lipinski definition) is 2. The average molecular weight is 173 g/mol. The van der Waals surface area contributed by atoms with Crippen LogP contribution in [0.4, 0.5) is 0 Å². The van der Waals surface area contributed by atoms with Crippen molar-refractivity contribution >= 4 is 0 Å². The fourth-order valence-electron chi connectivity index (χ4n) is 1.74. The van der Waals surface area contributed by atoms with Crippen molar-refractivity contribution in [2.24, 2.45) is 0 Å². The van der Waals surface area contributed by atoms with Crippen LogP contribution >= 0.6 is 0 Å². The van der Waals surface area contributed by atoms with Gasteiger partial charge in [-0.05, 0) is 32.4 Å². The second-order valence-electron chi connectivity index (χ2n) is 3.36. The molecule has 2 N–H and O–H groups in total. The third-order valence-corrected chi connectivity index (χ3v) is 2.66. The molecule has 0 aliphatic carbocycles. The van der Waals surface area contributed by atoms with Crippen LogP contribution in [0.1, 0.15) is 26.2 Å². The molecule has 0 atom stereocenters. The first-order valence-electron chi connectivity index (χ1n) is 4.78. The first-order chi connectivity index (χ1) is 5.83. The maximum absolute atomic E-state index is 8.67. The van der Waals surface area contributed by atoms with Gasteiger partial charge in [-0.15, -0.1) is 0 Å². The van der Waals surface area contributed by atoms with Gasteiger partial charge in [0, 0.05) is 0 Å². The lowest BCUT2D eigenvalue weighted by Gasteiger charge is -2.36. The van der Waals surface area contributed by atoms with Crippen molar-refractivity contribution in [1.82, 2.24) is 5.32 Å². The van der Waals surface area contributed by atoms with E-state index in [1.807, 2.05) is 0 Å². The topological polar surface area (TPSA) is 41.5 Å². The van der Waals surface area contributed by atoms with E-state index < -0.39 is 0 Å². The summed E-state index contributed by atoms with van der Waals surface area (Å²) >= 11 is 0. The van der Waals surface area contributed by atoms with E-state index in [9.17, 15) is 0 Å². The minimum Gasteiger partial charge on any atom is -0.394 e. The van der Waals surface area contributed by atoms with Gasteiger partial charge in [0.15, 0.2) is 0 Å². The quantitative estimate of drug-likeness (QED) is 0.651. The summed E-state index contributed by atoms with van der Waals surface area (Å²) in [5.41, 5.74) is 0.0496. The van der Waals surface area contributed by atoms with Gasteiger partial charge in [0.1, 0.15) is 0 Å².